The Hall–Kier alpha value is -1.23. The van der Waals surface area contributed by atoms with Crippen LogP contribution in [0.5, 0.6) is 11.5 Å². The van der Waals surface area contributed by atoms with Crippen molar-refractivity contribution in [2.24, 2.45) is 0 Å². The van der Waals surface area contributed by atoms with Crippen LogP contribution < -0.4 is 5.32 Å². The number of carbonyl (C=O) groups is 1. The topological polar surface area (TPSA) is 69.6 Å². The van der Waals surface area contributed by atoms with Gasteiger partial charge in [-0.2, -0.15) is 0 Å². The van der Waals surface area contributed by atoms with Crippen LogP contribution >= 0.6 is 15.9 Å². The van der Waals surface area contributed by atoms with E-state index in [0.29, 0.717) is 6.54 Å². The molecule has 0 spiro atoms. The molecule has 15 heavy (non-hydrogen) atoms. The minimum Gasteiger partial charge on any atom is -0.508 e. The molecule has 0 saturated carbocycles. The molecule has 0 bridgehead atoms. The van der Waals surface area contributed by atoms with E-state index in [1.165, 1.54) is 18.2 Å². The average Bonchev–Trinajstić information content (AvgIpc) is 2.16. The van der Waals surface area contributed by atoms with E-state index in [1.54, 1.807) is 0 Å². The summed E-state index contributed by atoms with van der Waals surface area (Å²) in [6.07, 6.45) is 0.830. The molecule has 0 unspecified atom stereocenters. The van der Waals surface area contributed by atoms with Gasteiger partial charge in [-0.25, -0.2) is 0 Å². The number of amides is 1. The normalized spacial score (nSPS) is 9.93. The average molecular weight is 274 g/mol. The molecule has 0 heterocycles. The molecule has 4 nitrogen and oxygen atoms in total. The Morgan fingerprint density at radius 2 is 1.87 bits per heavy atom. The van der Waals surface area contributed by atoms with Crippen molar-refractivity contribution >= 4 is 21.8 Å². The first-order valence-corrected chi connectivity index (χ1v) is 5.63. The minimum absolute atomic E-state index is 0.124. The van der Waals surface area contributed by atoms with E-state index in [4.69, 9.17) is 10.2 Å². The Kier molecular flexibility index (Phi) is 4.42. The molecule has 0 aliphatic rings. The number of carbonyl (C=O) groups excluding carboxylic acids is 1. The van der Waals surface area contributed by atoms with Crippen molar-refractivity contribution in [2.45, 2.75) is 6.42 Å². The lowest BCUT2D eigenvalue weighted by atomic mass is 10.2. The highest BCUT2D eigenvalue weighted by atomic mass is 79.9. The van der Waals surface area contributed by atoms with Gasteiger partial charge in [0.05, 0.1) is 0 Å². The third kappa shape index (κ3) is 3.79. The number of nitrogens with one attached hydrogen (secondary N) is 1. The molecule has 3 N–H and O–H groups in total. The molecule has 0 atom stereocenters. The number of hydrogen-bond donors (Lipinski definition) is 3. The smallest absolute Gasteiger partial charge is 0.251 e. The van der Waals surface area contributed by atoms with E-state index in [0.717, 1.165) is 11.8 Å². The minimum atomic E-state index is -0.304. The first-order chi connectivity index (χ1) is 7.13. The lowest BCUT2D eigenvalue weighted by Gasteiger charge is -2.04. The van der Waals surface area contributed by atoms with E-state index in [2.05, 4.69) is 21.2 Å². The second-order valence-electron chi connectivity index (χ2n) is 3.04. The fraction of sp³-hybridized carbons (Fsp3) is 0.300. The van der Waals surface area contributed by atoms with Gasteiger partial charge in [0.2, 0.25) is 0 Å². The summed E-state index contributed by atoms with van der Waals surface area (Å²) in [5, 5.41) is 21.8. The highest BCUT2D eigenvalue weighted by Crippen LogP contribution is 2.20. The Labute approximate surface area is 96.1 Å². The molecular weight excluding hydrogens is 262 g/mol. The van der Waals surface area contributed by atoms with E-state index < -0.39 is 0 Å². The van der Waals surface area contributed by atoms with Crippen molar-refractivity contribution < 1.29 is 15.0 Å². The first kappa shape index (κ1) is 11.8. The summed E-state index contributed by atoms with van der Waals surface area (Å²) < 4.78 is 0. The van der Waals surface area contributed by atoms with Gasteiger partial charge < -0.3 is 15.5 Å². The molecule has 82 valence electrons. The van der Waals surface area contributed by atoms with E-state index in [-0.39, 0.29) is 23.0 Å². The van der Waals surface area contributed by atoms with Crippen LogP contribution in [0.1, 0.15) is 16.8 Å². The quantitative estimate of drug-likeness (QED) is 0.577. The van der Waals surface area contributed by atoms with E-state index in [9.17, 15) is 4.79 Å². The third-order valence-corrected chi connectivity index (χ3v) is 2.32. The van der Waals surface area contributed by atoms with Crippen LogP contribution in [-0.2, 0) is 0 Å². The number of aromatic hydroxyl groups is 2. The second-order valence-corrected chi connectivity index (χ2v) is 3.83. The van der Waals surface area contributed by atoms with Crippen LogP contribution in [0.15, 0.2) is 18.2 Å². The molecule has 0 aliphatic heterocycles. The fourth-order valence-electron chi connectivity index (χ4n) is 1.10. The number of halogens is 1. The van der Waals surface area contributed by atoms with Crippen LogP contribution in [0.25, 0.3) is 0 Å². The van der Waals surface area contributed by atoms with Gasteiger partial charge in [-0.15, -0.1) is 0 Å². The number of rotatable bonds is 4. The van der Waals surface area contributed by atoms with Gasteiger partial charge in [-0.05, 0) is 18.6 Å². The Balaban J connectivity index is 2.65. The van der Waals surface area contributed by atoms with Crippen LogP contribution in [0, 0.1) is 0 Å². The predicted molar refractivity (Wildman–Crippen MR) is 60.5 cm³/mol. The van der Waals surface area contributed by atoms with Crippen LogP contribution in [0.3, 0.4) is 0 Å². The zero-order valence-electron chi connectivity index (χ0n) is 8.03. The molecule has 1 aromatic carbocycles. The molecule has 1 rings (SSSR count). The summed E-state index contributed by atoms with van der Waals surface area (Å²) >= 11 is 3.25. The molecule has 0 saturated heterocycles. The Morgan fingerprint density at radius 3 is 2.40 bits per heavy atom. The highest BCUT2D eigenvalue weighted by Gasteiger charge is 2.07. The summed E-state index contributed by atoms with van der Waals surface area (Å²) in [5.41, 5.74) is 0.252. The molecule has 0 aromatic heterocycles. The van der Waals surface area contributed by atoms with Crippen molar-refractivity contribution in [3.8, 4) is 11.5 Å². The SMILES string of the molecule is O=C(NCCCBr)c1cc(O)cc(O)c1. The Bertz CT molecular complexity index is 334. The van der Waals surface area contributed by atoms with Crippen molar-refractivity contribution in [3.05, 3.63) is 23.8 Å². The molecule has 1 amide bonds. The summed E-state index contributed by atoms with van der Waals surface area (Å²) in [6.45, 7) is 0.556. The number of hydrogen-bond acceptors (Lipinski definition) is 3. The van der Waals surface area contributed by atoms with Gasteiger partial charge in [0.1, 0.15) is 11.5 Å². The number of phenolic OH excluding ortho intramolecular Hbond substituents is 2. The number of benzene rings is 1. The maximum absolute atomic E-state index is 11.5. The lowest BCUT2D eigenvalue weighted by molar-refractivity contribution is 0.0953. The molecule has 1 aromatic rings. The van der Waals surface area contributed by atoms with Gasteiger partial charge in [0, 0.05) is 23.5 Å². The van der Waals surface area contributed by atoms with Gasteiger partial charge in [0.25, 0.3) is 5.91 Å². The van der Waals surface area contributed by atoms with E-state index >= 15 is 0 Å². The maximum atomic E-state index is 11.5. The molecular formula is C10H12BrNO3. The molecule has 0 aliphatic carbocycles. The first-order valence-electron chi connectivity index (χ1n) is 4.50. The number of alkyl halides is 1. The van der Waals surface area contributed by atoms with Gasteiger partial charge in [-0.3, -0.25) is 4.79 Å². The largest absolute Gasteiger partial charge is 0.508 e. The molecule has 0 radical (unpaired) electrons. The van der Waals surface area contributed by atoms with Crippen LogP contribution in [0.2, 0.25) is 0 Å². The Morgan fingerprint density at radius 1 is 1.27 bits per heavy atom. The molecule has 0 fully saturated rings. The van der Waals surface area contributed by atoms with Crippen LogP contribution in [0.4, 0.5) is 0 Å². The lowest BCUT2D eigenvalue weighted by Crippen LogP contribution is -2.24. The maximum Gasteiger partial charge on any atom is 0.251 e. The standard InChI is InChI=1S/C10H12BrNO3/c11-2-1-3-12-10(15)7-4-8(13)6-9(14)5-7/h4-6,13-14H,1-3H2,(H,12,15). The van der Waals surface area contributed by atoms with Gasteiger partial charge >= 0.3 is 0 Å². The third-order valence-electron chi connectivity index (χ3n) is 1.76. The second kappa shape index (κ2) is 5.60. The monoisotopic (exact) mass is 273 g/mol. The summed E-state index contributed by atoms with van der Waals surface area (Å²) in [6, 6.07) is 3.79. The van der Waals surface area contributed by atoms with Gasteiger partial charge in [0.15, 0.2) is 0 Å². The van der Waals surface area contributed by atoms with E-state index in [1.807, 2.05) is 0 Å². The van der Waals surface area contributed by atoms with Crippen molar-refractivity contribution in [1.29, 1.82) is 0 Å². The van der Waals surface area contributed by atoms with Gasteiger partial charge in [-0.1, -0.05) is 15.9 Å². The molecule has 5 heteroatoms. The number of phenols is 2. The summed E-state index contributed by atoms with van der Waals surface area (Å²) in [7, 11) is 0. The van der Waals surface area contributed by atoms with Crippen molar-refractivity contribution in [1.82, 2.24) is 5.32 Å². The summed E-state index contributed by atoms with van der Waals surface area (Å²) in [4.78, 5) is 11.5. The zero-order valence-corrected chi connectivity index (χ0v) is 9.62. The fourth-order valence-corrected chi connectivity index (χ4v) is 1.38. The zero-order chi connectivity index (χ0) is 11.3. The highest BCUT2D eigenvalue weighted by molar-refractivity contribution is 9.09. The van der Waals surface area contributed by atoms with Crippen molar-refractivity contribution in [2.75, 3.05) is 11.9 Å². The van der Waals surface area contributed by atoms with Crippen LogP contribution in [-0.4, -0.2) is 28.0 Å². The summed E-state index contributed by atoms with van der Waals surface area (Å²) in [5.74, 6) is -0.552. The predicted octanol–water partition coefficient (Wildman–Crippen LogP) is 1.61. The van der Waals surface area contributed by atoms with Crippen molar-refractivity contribution in [3.63, 3.8) is 0 Å².